The number of hydrogen-bond donors (Lipinski definition) is 3. The van der Waals surface area contributed by atoms with E-state index in [1.54, 1.807) is 18.5 Å². The molecule has 0 saturated carbocycles. The summed E-state index contributed by atoms with van der Waals surface area (Å²) in [4.78, 5) is 15.2. The van der Waals surface area contributed by atoms with Gasteiger partial charge in [-0.05, 0) is 30.8 Å². The number of aliphatic hydroxyl groups is 1. The minimum atomic E-state index is -3.72. The summed E-state index contributed by atoms with van der Waals surface area (Å²) in [5.74, 6) is 0.557. The second-order valence-electron chi connectivity index (χ2n) is 6.98. The van der Waals surface area contributed by atoms with Crippen LogP contribution < -0.4 is 10.5 Å². The van der Waals surface area contributed by atoms with Crippen molar-refractivity contribution in [3.05, 3.63) is 42.5 Å². The smallest absolute Gasteiger partial charge is 0.238 e. The number of nitrogens with two attached hydrogens (primary N) is 1. The van der Waals surface area contributed by atoms with Crippen molar-refractivity contribution in [3.8, 4) is 0 Å². The van der Waals surface area contributed by atoms with E-state index in [2.05, 4.69) is 39.0 Å². The first-order chi connectivity index (χ1) is 14.3. The van der Waals surface area contributed by atoms with Crippen molar-refractivity contribution in [2.45, 2.75) is 31.4 Å². The Labute approximate surface area is 200 Å². The second kappa shape index (κ2) is 12.3. The molecule has 0 fully saturated rings. The van der Waals surface area contributed by atoms with Gasteiger partial charge in [0.2, 0.25) is 10.0 Å². The van der Waals surface area contributed by atoms with E-state index in [1.807, 2.05) is 4.57 Å². The Bertz CT molecular complexity index is 1090. The third kappa shape index (κ3) is 6.99. The molecule has 1 atom stereocenters. The molecule has 0 amide bonds. The number of halogens is 2. The molecule has 178 valence electrons. The van der Waals surface area contributed by atoms with Crippen LogP contribution in [0.1, 0.15) is 19.4 Å². The third-order valence-electron chi connectivity index (χ3n) is 4.87. The van der Waals surface area contributed by atoms with Gasteiger partial charge in [0.25, 0.3) is 0 Å². The van der Waals surface area contributed by atoms with E-state index >= 15 is 0 Å². The fourth-order valence-corrected chi connectivity index (χ4v) is 3.68. The van der Waals surface area contributed by atoms with Crippen molar-refractivity contribution in [3.63, 3.8) is 0 Å². The number of fused-ring (bicyclic) bond motifs is 1. The lowest BCUT2D eigenvalue weighted by Crippen LogP contribution is -2.36. The van der Waals surface area contributed by atoms with E-state index in [4.69, 9.17) is 5.14 Å². The Morgan fingerprint density at radius 1 is 1.12 bits per heavy atom. The molecule has 3 rings (SSSR count). The molecule has 4 N–H and O–H groups in total. The van der Waals surface area contributed by atoms with Crippen LogP contribution in [-0.2, 0) is 16.6 Å². The average molecular weight is 506 g/mol. The number of aliphatic hydroxyl groups excluding tert-OH is 1. The molecular formula is C19H29Cl2N7O3S. The second-order valence-corrected chi connectivity index (χ2v) is 8.54. The lowest BCUT2D eigenvalue weighted by atomic mass is 10.2. The Morgan fingerprint density at radius 3 is 2.38 bits per heavy atom. The number of benzene rings is 1. The molecule has 2 heterocycles. The highest BCUT2D eigenvalue weighted by atomic mass is 35.5. The van der Waals surface area contributed by atoms with E-state index in [-0.39, 0.29) is 29.7 Å². The van der Waals surface area contributed by atoms with Crippen molar-refractivity contribution < 1.29 is 13.5 Å². The highest BCUT2D eigenvalue weighted by molar-refractivity contribution is 7.89. The van der Waals surface area contributed by atoms with Gasteiger partial charge in [0.1, 0.15) is 11.8 Å². The third-order valence-corrected chi connectivity index (χ3v) is 5.80. The number of hydrogen-bond acceptors (Lipinski definition) is 8. The Kier molecular flexibility index (Phi) is 10.8. The average Bonchev–Trinajstić information content (AvgIpc) is 3.13. The number of rotatable bonds is 10. The van der Waals surface area contributed by atoms with E-state index in [0.29, 0.717) is 36.6 Å². The predicted octanol–water partition coefficient (Wildman–Crippen LogP) is 1.48. The van der Waals surface area contributed by atoms with Crippen molar-refractivity contribution in [2.75, 3.05) is 31.5 Å². The van der Waals surface area contributed by atoms with Crippen molar-refractivity contribution in [1.82, 2.24) is 24.4 Å². The summed E-state index contributed by atoms with van der Waals surface area (Å²) < 4.78 is 24.6. The molecule has 13 heteroatoms. The van der Waals surface area contributed by atoms with Crippen LogP contribution in [0.2, 0.25) is 0 Å². The van der Waals surface area contributed by atoms with Gasteiger partial charge in [-0.2, -0.15) is 0 Å². The highest BCUT2D eigenvalue weighted by Crippen LogP contribution is 2.19. The molecule has 0 bridgehead atoms. The summed E-state index contributed by atoms with van der Waals surface area (Å²) in [5, 5.41) is 18.6. The quantitative estimate of drug-likeness (QED) is 0.376. The standard InChI is InChI=1S/C19H27N7O3S.2ClH/c1-3-25(4-2)11-15(27)9-21-18-17-19(23-12-22-18)26(13-24-17)10-14-5-7-16(8-6-14)30(20,28)29;;/h5-8,12-13,15,27H,3-4,9-11H2,1-2H3,(H2,20,28,29)(H,21,22,23);2*1H. The van der Waals surface area contributed by atoms with Crippen LogP contribution in [0, 0.1) is 0 Å². The maximum atomic E-state index is 11.4. The normalized spacial score (nSPS) is 12.3. The predicted molar refractivity (Wildman–Crippen MR) is 129 cm³/mol. The molecule has 0 spiro atoms. The fraction of sp³-hybridized carbons (Fsp3) is 0.421. The van der Waals surface area contributed by atoms with Gasteiger partial charge in [-0.3, -0.25) is 0 Å². The molecule has 32 heavy (non-hydrogen) atoms. The molecule has 0 aliphatic carbocycles. The van der Waals surface area contributed by atoms with Crippen LogP contribution in [-0.4, -0.2) is 70.2 Å². The molecular weight excluding hydrogens is 477 g/mol. The zero-order valence-corrected chi connectivity index (χ0v) is 20.3. The molecule has 0 radical (unpaired) electrons. The largest absolute Gasteiger partial charge is 0.390 e. The molecule has 3 aromatic rings. The molecule has 10 nitrogen and oxygen atoms in total. The van der Waals surface area contributed by atoms with Gasteiger partial charge in [-0.1, -0.05) is 26.0 Å². The van der Waals surface area contributed by atoms with Crippen LogP contribution >= 0.6 is 24.8 Å². The Morgan fingerprint density at radius 2 is 1.78 bits per heavy atom. The minimum absolute atomic E-state index is 0. The number of nitrogens with one attached hydrogen (secondary N) is 1. The van der Waals surface area contributed by atoms with Crippen molar-refractivity contribution >= 4 is 51.8 Å². The minimum Gasteiger partial charge on any atom is -0.390 e. The first kappa shape index (κ1) is 28.0. The SMILES string of the molecule is CCN(CC)CC(O)CNc1ncnc2c1ncn2Cc1ccc(S(N)(=O)=O)cc1.Cl.Cl. The molecule has 2 aromatic heterocycles. The van der Waals surface area contributed by atoms with Gasteiger partial charge in [0, 0.05) is 13.1 Å². The maximum Gasteiger partial charge on any atom is 0.238 e. The highest BCUT2D eigenvalue weighted by Gasteiger charge is 2.14. The number of anilines is 1. The first-order valence-corrected chi connectivity index (χ1v) is 11.3. The number of primary sulfonamides is 1. The number of aromatic nitrogens is 4. The summed E-state index contributed by atoms with van der Waals surface area (Å²) in [5.41, 5.74) is 2.12. The fourth-order valence-electron chi connectivity index (χ4n) is 3.17. The lowest BCUT2D eigenvalue weighted by Gasteiger charge is -2.22. The van der Waals surface area contributed by atoms with E-state index < -0.39 is 16.1 Å². The van der Waals surface area contributed by atoms with E-state index in [1.165, 1.54) is 18.5 Å². The zero-order chi connectivity index (χ0) is 21.7. The summed E-state index contributed by atoms with van der Waals surface area (Å²) in [6.45, 7) is 7.28. The van der Waals surface area contributed by atoms with Crippen LogP contribution in [0.15, 0.2) is 41.8 Å². The molecule has 1 aromatic carbocycles. The molecule has 0 saturated heterocycles. The van der Waals surface area contributed by atoms with Gasteiger partial charge in [0.15, 0.2) is 11.5 Å². The van der Waals surface area contributed by atoms with Crippen LogP contribution in [0.5, 0.6) is 0 Å². The molecule has 0 aliphatic heterocycles. The molecule has 1 unspecified atom stereocenters. The summed E-state index contributed by atoms with van der Waals surface area (Å²) in [6, 6.07) is 6.36. The van der Waals surface area contributed by atoms with E-state index in [0.717, 1.165) is 18.7 Å². The summed E-state index contributed by atoms with van der Waals surface area (Å²) in [6.07, 6.45) is 2.57. The van der Waals surface area contributed by atoms with Gasteiger partial charge in [0.05, 0.1) is 23.9 Å². The number of likely N-dealkylation sites (N-methyl/N-ethyl adjacent to an activating group) is 1. The zero-order valence-electron chi connectivity index (χ0n) is 17.9. The monoisotopic (exact) mass is 505 g/mol. The van der Waals surface area contributed by atoms with Crippen molar-refractivity contribution in [2.24, 2.45) is 5.14 Å². The maximum absolute atomic E-state index is 11.4. The van der Waals surface area contributed by atoms with Gasteiger partial charge in [-0.25, -0.2) is 28.5 Å². The lowest BCUT2D eigenvalue weighted by molar-refractivity contribution is 0.128. The Balaban J connectivity index is 0.00000256. The van der Waals surface area contributed by atoms with Crippen LogP contribution in [0.4, 0.5) is 5.82 Å². The summed E-state index contributed by atoms with van der Waals surface area (Å²) in [7, 11) is -3.72. The Hall–Kier alpha value is -2.02. The first-order valence-electron chi connectivity index (χ1n) is 9.73. The molecule has 0 aliphatic rings. The van der Waals surface area contributed by atoms with E-state index in [9.17, 15) is 13.5 Å². The van der Waals surface area contributed by atoms with Crippen molar-refractivity contribution in [1.29, 1.82) is 0 Å². The summed E-state index contributed by atoms with van der Waals surface area (Å²) >= 11 is 0. The number of nitrogens with zero attached hydrogens (tertiary/aromatic N) is 5. The topological polar surface area (TPSA) is 139 Å². The van der Waals surface area contributed by atoms with Crippen LogP contribution in [0.25, 0.3) is 11.2 Å². The van der Waals surface area contributed by atoms with Gasteiger partial charge in [-0.15, -0.1) is 24.8 Å². The van der Waals surface area contributed by atoms with Gasteiger partial charge >= 0.3 is 0 Å². The van der Waals surface area contributed by atoms with Gasteiger partial charge < -0.3 is 19.9 Å². The van der Waals surface area contributed by atoms with Crippen LogP contribution in [0.3, 0.4) is 0 Å². The number of sulfonamides is 1. The number of imidazole rings is 1.